The van der Waals surface area contributed by atoms with E-state index >= 15 is 0 Å². The molecule has 0 bridgehead atoms. The van der Waals surface area contributed by atoms with Crippen LogP contribution < -0.4 is 0 Å². The molecule has 21 heavy (non-hydrogen) atoms. The molecule has 2 heteroatoms. The second-order valence-corrected chi connectivity index (χ2v) is 5.93. The standard InChI is InChI=1S/C19H24F2/c1-13(2)6-7-14(3)15(4)8-9-16(5)17-10-11-18(20)19(21)12-17/h8-14H,4-7H2,1-3H3/b9-8-. The van der Waals surface area contributed by atoms with Crippen LogP contribution in [0.15, 0.2) is 49.1 Å². The molecular weight excluding hydrogens is 266 g/mol. The summed E-state index contributed by atoms with van der Waals surface area (Å²) in [4.78, 5) is 0. The zero-order chi connectivity index (χ0) is 16.0. The minimum Gasteiger partial charge on any atom is -0.204 e. The molecule has 0 spiro atoms. The van der Waals surface area contributed by atoms with Gasteiger partial charge in [0.1, 0.15) is 0 Å². The summed E-state index contributed by atoms with van der Waals surface area (Å²) >= 11 is 0. The van der Waals surface area contributed by atoms with Gasteiger partial charge in [-0.2, -0.15) is 0 Å². The van der Waals surface area contributed by atoms with E-state index in [4.69, 9.17) is 0 Å². The fourth-order valence-electron chi connectivity index (χ4n) is 1.93. The smallest absolute Gasteiger partial charge is 0.159 e. The largest absolute Gasteiger partial charge is 0.204 e. The maximum atomic E-state index is 13.2. The Morgan fingerprint density at radius 2 is 1.71 bits per heavy atom. The van der Waals surface area contributed by atoms with Gasteiger partial charge >= 0.3 is 0 Å². The summed E-state index contributed by atoms with van der Waals surface area (Å²) in [5, 5.41) is 0. The molecule has 1 aromatic carbocycles. The third-order valence-electron chi connectivity index (χ3n) is 3.60. The van der Waals surface area contributed by atoms with E-state index in [0.29, 0.717) is 23.0 Å². The molecule has 0 saturated heterocycles. The third-order valence-corrected chi connectivity index (χ3v) is 3.60. The second kappa shape index (κ2) is 7.92. The molecule has 0 saturated carbocycles. The van der Waals surface area contributed by atoms with Gasteiger partial charge in [-0.1, -0.05) is 64.1 Å². The summed E-state index contributed by atoms with van der Waals surface area (Å²) in [6, 6.07) is 3.80. The number of allylic oxidation sites excluding steroid dienone is 4. The molecule has 0 aliphatic heterocycles. The van der Waals surface area contributed by atoms with Crippen LogP contribution in [0.3, 0.4) is 0 Å². The highest BCUT2D eigenvalue weighted by Crippen LogP contribution is 2.22. The maximum absolute atomic E-state index is 13.2. The Bertz CT molecular complexity index is 538. The van der Waals surface area contributed by atoms with Crippen molar-refractivity contribution < 1.29 is 8.78 Å². The van der Waals surface area contributed by atoms with E-state index in [2.05, 4.69) is 33.9 Å². The van der Waals surface area contributed by atoms with Gasteiger partial charge in [-0.25, -0.2) is 8.78 Å². The summed E-state index contributed by atoms with van der Waals surface area (Å²) in [7, 11) is 0. The molecule has 0 radical (unpaired) electrons. The molecule has 0 N–H and O–H groups in total. The van der Waals surface area contributed by atoms with Gasteiger partial charge in [0.15, 0.2) is 11.6 Å². The van der Waals surface area contributed by atoms with E-state index in [1.165, 1.54) is 6.07 Å². The summed E-state index contributed by atoms with van der Waals surface area (Å²) < 4.78 is 26.1. The van der Waals surface area contributed by atoms with Crippen LogP contribution in [-0.4, -0.2) is 0 Å². The molecule has 1 atom stereocenters. The van der Waals surface area contributed by atoms with Crippen LogP contribution in [0.5, 0.6) is 0 Å². The van der Waals surface area contributed by atoms with Crippen molar-refractivity contribution >= 4 is 5.57 Å². The van der Waals surface area contributed by atoms with E-state index in [1.807, 2.05) is 6.08 Å². The predicted octanol–water partition coefficient (Wildman–Crippen LogP) is 6.16. The van der Waals surface area contributed by atoms with Crippen molar-refractivity contribution in [3.63, 3.8) is 0 Å². The molecule has 0 nitrogen and oxygen atoms in total. The lowest BCUT2D eigenvalue weighted by molar-refractivity contribution is 0.494. The average Bonchev–Trinajstić information content (AvgIpc) is 2.44. The van der Waals surface area contributed by atoms with Crippen LogP contribution in [0.25, 0.3) is 5.57 Å². The second-order valence-electron chi connectivity index (χ2n) is 5.93. The summed E-state index contributed by atoms with van der Waals surface area (Å²) in [5.74, 6) is -0.615. The van der Waals surface area contributed by atoms with Crippen molar-refractivity contribution in [2.24, 2.45) is 11.8 Å². The normalized spacial score (nSPS) is 12.9. The minimum atomic E-state index is -0.855. The summed E-state index contributed by atoms with van der Waals surface area (Å²) in [5.41, 5.74) is 2.25. The Kier molecular flexibility index (Phi) is 6.54. The first kappa shape index (κ1) is 17.4. The zero-order valence-corrected chi connectivity index (χ0v) is 13.1. The number of benzene rings is 1. The first-order valence-electron chi connectivity index (χ1n) is 7.32. The van der Waals surface area contributed by atoms with Gasteiger partial charge in [-0.3, -0.25) is 0 Å². The van der Waals surface area contributed by atoms with Gasteiger partial charge in [0, 0.05) is 0 Å². The van der Waals surface area contributed by atoms with E-state index in [9.17, 15) is 8.78 Å². The average molecular weight is 290 g/mol. The first-order chi connectivity index (χ1) is 9.81. The van der Waals surface area contributed by atoms with Crippen molar-refractivity contribution in [1.82, 2.24) is 0 Å². The Labute approximate surface area is 126 Å². The fourth-order valence-corrected chi connectivity index (χ4v) is 1.93. The molecular formula is C19H24F2. The van der Waals surface area contributed by atoms with Crippen LogP contribution in [0.2, 0.25) is 0 Å². The Hall–Kier alpha value is -1.70. The van der Waals surface area contributed by atoms with Crippen molar-refractivity contribution in [3.8, 4) is 0 Å². The van der Waals surface area contributed by atoms with Crippen LogP contribution in [0.4, 0.5) is 8.78 Å². The Morgan fingerprint density at radius 3 is 2.29 bits per heavy atom. The van der Waals surface area contributed by atoms with Gasteiger partial charge in [0.25, 0.3) is 0 Å². The van der Waals surface area contributed by atoms with Crippen molar-refractivity contribution in [3.05, 3.63) is 66.3 Å². The number of hydrogen-bond acceptors (Lipinski definition) is 0. The monoisotopic (exact) mass is 290 g/mol. The lowest BCUT2D eigenvalue weighted by Crippen LogP contribution is -1.99. The number of hydrogen-bond donors (Lipinski definition) is 0. The molecule has 0 heterocycles. The number of halogens is 2. The van der Waals surface area contributed by atoms with Crippen LogP contribution in [0.1, 0.15) is 39.2 Å². The van der Waals surface area contributed by atoms with Crippen molar-refractivity contribution in [2.75, 3.05) is 0 Å². The van der Waals surface area contributed by atoms with Gasteiger partial charge in [0.2, 0.25) is 0 Å². The van der Waals surface area contributed by atoms with Crippen molar-refractivity contribution in [1.29, 1.82) is 0 Å². The fraction of sp³-hybridized carbons (Fsp3) is 0.368. The zero-order valence-electron chi connectivity index (χ0n) is 13.1. The predicted molar refractivity (Wildman–Crippen MR) is 86.9 cm³/mol. The van der Waals surface area contributed by atoms with Crippen molar-refractivity contribution in [2.45, 2.75) is 33.6 Å². The SMILES string of the molecule is C=C(/C=C\C(=C)C(C)CCC(C)C)c1ccc(F)c(F)c1. The van der Waals surface area contributed by atoms with E-state index < -0.39 is 11.6 Å². The maximum Gasteiger partial charge on any atom is 0.159 e. The molecule has 0 aliphatic rings. The van der Waals surface area contributed by atoms with E-state index in [-0.39, 0.29) is 0 Å². The molecule has 1 aromatic rings. The Balaban J connectivity index is 2.64. The topological polar surface area (TPSA) is 0 Å². The minimum absolute atomic E-state index is 0.404. The molecule has 0 aromatic heterocycles. The molecule has 0 amide bonds. The summed E-state index contributed by atoms with van der Waals surface area (Å²) in [6.45, 7) is 14.5. The first-order valence-corrected chi connectivity index (χ1v) is 7.32. The van der Waals surface area contributed by atoms with Gasteiger partial charge in [-0.05, 0) is 41.5 Å². The lowest BCUT2D eigenvalue weighted by Gasteiger charge is -2.13. The summed E-state index contributed by atoms with van der Waals surface area (Å²) in [6.07, 6.45) is 5.98. The highest BCUT2D eigenvalue weighted by Gasteiger charge is 2.07. The lowest BCUT2D eigenvalue weighted by atomic mass is 9.93. The van der Waals surface area contributed by atoms with Crippen LogP contribution >= 0.6 is 0 Å². The molecule has 1 unspecified atom stereocenters. The molecule has 0 fully saturated rings. The molecule has 1 rings (SSSR count). The van der Waals surface area contributed by atoms with Crippen LogP contribution in [-0.2, 0) is 0 Å². The van der Waals surface area contributed by atoms with E-state index in [0.717, 1.165) is 30.5 Å². The number of rotatable bonds is 7. The van der Waals surface area contributed by atoms with Gasteiger partial charge in [0.05, 0.1) is 0 Å². The quantitative estimate of drug-likeness (QED) is 0.527. The van der Waals surface area contributed by atoms with E-state index in [1.54, 1.807) is 6.08 Å². The third kappa shape index (κ3) is 5.66. The van der Waals surface area contributed by atoms with Gasteiger partial charge < -0.3 is 0 Å². The highest BCUT2D eigenvalue weighted by atomic mass is 19.2. The van der Waals surface area contributed by atoms with Crippen LogP contribution in [0, 0.1) is 23.5 Å². The Morgan fingerprint density at radius 1 is 1.05 bits per heavy atom. The van der Waals surface area contributed by atoms with Gasteiger partial charge in [-0.15, -0.1) is 0 Å². The molecule has 0 aliphatic carbocycles. The molecule has 114 valence electrons. The highest BCUT2D eigenvalue weighted by molar-refractivity contribution is 5.72.